The average Bonchev–Trinajstić information content (AvgIpc) is 2.67. The number of hydrogen-bond donors (Lipinski definition) is 1. The van der Waals surface area contributed by atoms with Gasteiger partial charge in [-0.05, 0) is 44.2 Å². The standard InChI is InChI=1S/C21H27N3O3S/c1-16-5-4-6-18(13-16)15-22-21(25)19-8-7-17(2)20(14-19)28(26,27)24-11-9-23(3)10-12-24/h4-8,13-14H,9-12,15H2,1-3H3,(H,22,25). The molecule has 0 saturated carbocycles. The third-order valence-corrected chi connectivity index (χ3v) is 7.11. The largest absolute Gasteiger partial charge is 0.348 e. The lowest BCUT2D eigenvalue weighted by molar-refractivity contribution is 0.0950. The summed E-state index contributed by atoms with van der Waals surface area (Å²) in [5.74, 6) is -0.281. The topological polar surface area (TPSA) is 69.7 Å². The fourth-order valence-corrected chi connectivity index (χ4v) is 4.97. The quantitative estimate of drug-likeness (QED) is 0.834. The van der Waals surface area contributed by atoms with Crippen molar-refractivity contribution in [3.8, 4) is 0 Å². The Morgan fingerprint density at radius 2 is 1.75 bits per heavy atom. The second-order valence-electron chi connectivity index (χ2n) is 7.36. The number of carbonyl (C=O) groups is 1. The summed E-state index contributed by atoms with van der Waals surface area (Å²) in [6.45, 7) is 6.49. The summed E-state index contributed by atoms with van der Waals surface area (Å²) < 4.78 is 27.7. The van der Waals surface area contributed by atoms with E-state index < -0.39 is 10.0 Å². The number of amides is 1. The Kier molecular flexibility index (Phi) is 6.17. The molecule has 0 bridgehead atoms. The molecule has 2 aromatic rings. The predicted molar refractivity (Wildman–Crippen MR) is 110 cm³/mol. The normalized spacial score (nSPS) is 16.1. The third kappa shape index (κ3) is 4.60. The first kappa shape index (κ1) is 20.5. The van der Waals surface area contributed by atoms with Crippen LogP contribution < -0.4 is 5.32 Å². The number of nitrogens with one attached hydrogen (secondary N) is 1. The molecule has 7 heteroatoms. The van der Waals surface area contributed by atoms with Gasteiger partial charge in [-0.15, -0.1) is 0 Å². The molecule has 28 heavy (non-hydrogen) atoms. The van der Waals surface area contributed by atoms with Crippen LogP contribution in [0.3, 0.4) is 0 Å². The number of piperazine rings is 1. The number of benzene rings is 2. The summed E-state index contributed by atoms with van der Waals surface area (Å²) in [4.78, 5) is 14.9. The van der Waals surface area contributed by atoms with Crippen LogP contribution in [-0.2, 0) is 16.6 Å². The van der Waals surface area contributed by atoms with Crippen molar-refractivity contribution in [1.82, 2.24) is 14.5 Å². The highest BCUT2D eigenvalue weighted by Crippen LogP contribution is 2.22. The molecule has 0 radical (unpaired) electrons. The van der Waals surface area contributed by atoms with E-state index in [2.05, 4.69) is 10.2 Å². The lowest BCUT2D eigenvalue weighted by Crippen LogP contribution is -2.47. The van der Waals surface area contributed by atoms with Gasteiger partial charge in [0.05, 0.1) is 4.90 Å². The number of sulfonamides is 1. The van der Waals surface area contributed by atoms with Gasteiger partial charge in [0, 0.05) is 38.3 Å². The number of hydrogen-bond acceptors (Lipinski definition) is 4. The zero-order valence-electron chi connectivity index (χ0n) is 16.6. The minimum Gasteiger partial charge on any atom is -0.348 e. The van der Waals surface area contributed by atoms with E-state index >= 15 is 0 Å². The van der Waals surface area contributed by atoms with Crippen LogP contribution in [0, 0.1) is 13.8 Å². The first-order valence-corrected chi connectivity index (χ1v) is 10.8. The number of nitrogens with zero attached hydrogens (tertiary/aromatic N) is 2. The molecule has 1 N–H and O–H groups in total. The Morgan fingerprint density at radius 1 is 1.04 bits per heavy atom. The Morgan fingerprint density at radius 3 is 2.43 bits per heavy atom. The second kappa shape index (κ2) is 8.43. The molecular formula is C21H27N3O3S. The maximum absolute atomic E-state index is 13.1. The van der Waals surface area contributed by atoms with Gasteiger partial charge in [-0.2, -0.15) is 4.31 Å². The van der Waals surface area contributed by atoms with E-state index in [-0.39, 0.29) is 10.8 Å². The van der Waals surface area contributed by atoms with Crippen LogP contribution in [0.25, 0.3) is 0 Å². The smallest absolute Gasteiger partial charge is 0.251 e. The van der Waals surface area contributed by atoms with Crippen molar-refractivity contribution in [2.75, 3.05) is 33.2 Å². The molecule has 6 nitrogen and oxygen atoms in total. The van der Waals surface area contributed by atoms with Gasteiger partial charge >= 0.3 is 0 Å². The second-order valence-corrected chi connectivity index (χ2v) is 9.27. The molecule has 1 aliphatic heterocycles. The van der Waals surface area contributed by atoms with Gasteiger partial charge in [0.25, 0.3) is 5.91 Å². The lowest BCUT2D eigenvalue weighted by Gasteiger charge is -2.32. The molecular weight excluding hydrogens is 374 g/mol. The molecule has 150 valence electrons. The third-order valence-electron chi connectivity index (χ3n) is 5.07. The first-order valence-electron chi connectivity index (χ1n) is 9.40. The first-order chi connectivity index (χ1) is 13.3. The number of rotatable bonds is 5. The molecule has 2 aromatic carbocycles. The van der Waals surface area contributed by atoms with Crippen molar-refractivity contribution in [3.05, 3.63) is 64.7 Å². The zero-order valence-corrected chi connectivity index (χ0v) is 17.4. The maximum atomic E-state index is 13.1. The molecule has 0 aromatic heterocycles. The predicted octanol–water partition coefficient (Wildman–Crippen LogP) is 2.17. The monoisotopic (exact) mass is 401 g/mol. The molecule has 1 fully saturated rings. The van der Waals surface area contributed by atoms with Crippen LogP contribution in [0.5, 0.6) is 0 Å². The van der Waals surface area contributed by atoms with Crippen LogP contribution in [0.1, 0.15) is 27.0 Å². The summed E-state index contributed by atoms with van der Waals surface area (Å²) in [5.41, 5.74) is 3.13. The summed E-state index contributed by atoms with van der Waals surface area (Å²) in [5, 5.41) is 2.87. The molecule has 1 heterocycles. The summed E-state index contributed by atoms with van der Waals surface area (Å²) in [7, 11) is -1.64. The molecule has 3 rings (SSSR count). The molecule has 1 saturated heterocycles. The highest BCUT2D eigenvalue weighted by molar-refractivity contribution is 7.89. The number of likely N-dealkylation sites (N-methyl/N-ethyl adjacent to an activating group) is 1. The minimum atomic E-state index is -3.62. The summed E-state index contributed by atoms with van der Waals surface area (Å²) in [6.07, 6.45) is 0. The fourth-order valence-electron chi connectivity index (χ4n) is 3.29. The average molecular weight is 402 g/mol. The van der Waals surface area contributed by atoms with Gasteiger partial charge in [0.15, 0.2) is 0 Å². The SMILES string of the molecule is Cc1cccc(CNC(=O)c2ccc(C)c(S(=O)(=O)N3CCN(C)CC3)c2)c1. The van der Waals surface area contributed by atoms with Crippen LogP contribution >= 0.6 is 0 Å². The van der Waals surface area contributed by atoms with Crippen LogP contribution in [0.2, 0.25) is 0 Å². The summed E-state index contributed by atoms with van der Waals surface area (Å²) in [6, 6.07) is 12.8. The molecule has 0 atom stereocenters. The molecule has 1 aliphatic rings. The van der Waals surface area contributed by atoms with E-state index in [1.807, 2.05) is 38.2 Å². The van der Waals surface area contributed by atoms with Crippen LogP contribution in [0.4, 0.5) is 0 Å². The van der Waals surface area contributed by atoms with Crippen molar-refractivity contribution in [2.24, 2.45) is 0 Å². The molecule has 0 aliphatic carbocycles. The van der Waals surface area contributed by atoms with Gasteiger partial charge in [0.1, 0.15) is 0 Å². The van der Waals surface area contributed by atoms with E-state index in [1.165, 1.54) is 10.4 Å². The number of carbonyl (C=O) groups excluding carboxylic acids is 1. The Hall–Kier alpha value is -2.22. The van der Waals surface area contributed by atoms with E-state index in [0.29, 0.717) is 43.9 Å². The van der Waals surface area contributed by atoms with Gasteiger partial charge in [0.2, 0.25) is 10.0 Å². The van der Waals surface area contributed by atoms with Crippen molar-refractivity contribution < 1.29 is 13.2 Å². The minimum absolute atomic E-state index is 0.209. The van der Waals surface area contributed by atoms with E-state index in [4.69, 9.17) is 0 Å². The molecule has 1 amide bonds. The van der Waals surface area contributed by atoms with Crippen molar-refractivity contribution in [2.45, 2.75) is 25.3 Å². The van der Waals surface area contributed by atoms with Gasteiger partial charge in [-0.25, -0.2) is 8.42 Å². The van der Waals surface area contributed by atoms with Crippen molar-refractivity contribution in [1.29, 1.82) is 0 Å². The van der Waals surface area contributed by atoms with E-state index in [1.54, 1.807) is 19.1 Å². The lowest BCUT2D eigenvalue weighted by atomic mass is 10.1. The van der Waals surface area contributed by atoms with Crippen molar-refractivity contribution in [3.63, 3.8) is 0 Å². The van der Waals surface area contributed by atoms with E-state index in [0.717, 1.165) is 11.1 Å². The van der Waals surface area contributed by atoms with Gasteiger partial charge < -0.3 is 10.2 Å². The Bertz CT molecular complexity index is 965. The van der Waals surface area contributed by atoms with Crippen LogP contribution in [0.15, 0.2) is 47.4 Å². The zero-order chi connectivity index (χ0) is 20.3. The van der Waals surface area contributed by atoms with Gasteiger partial charge in [-0.3, -0.25) is 4.79 Å². The number of aryl methyl sites for hydroxylation is 2. The fraction of sp³-hybridized carbons (Fsp3) is 0.381. The Balaban J connectivity index is 1.77. The van der Waals surface area contributed by atoms with Gasteiger partial charge in [-0.1, -0.05) is 35.9 Å². The van der Waals surface area contributed by atoms with Crippen molar-refractivity contribution >= 4 is 15.9 Å². The van der Waals surface area contributed by atoms with Crippen LogP contribution in [-0.4, -0.2) is 56.8 Å². The molecule has 0 unspecified atom stereocenters. The Labute approximate surface area is 167 Å². The highest BCUT2D eigenvalue weighted by Gasteiger charge is 2.29. The van der Waals surface area contributed by atoms with E-state index in [9.17, 15) is 13.2 Å². The highest BCUT2D eigenvalue weighted by atomic mass is 32.2. The summed E-state index contributed by atoms with van der Waals surface area (Å²) >= 11 is 0. The molecule has 0 spiro atoms. The maximum Gasteiger partial charge on any atom is 0.251 e.